The maximum absolute atomic E-state index is 6.28. The third-order valence-electron chi connectivity index (χ3n) is 4.85. The maximum atomic E-state index is 6.28. The molecule has 0 atom stereocenters. The lowest BCUT2D eigenvalue weighted by atomic mass is 10.2. The number of aromatic nitrogens is 2. The lowest BCUT2D eigenvalue weighted by molar-refractivity contribution is 0.0376. The molecule has 3 rings (SSSR count). The Balaban J connectivity index is 1.58. The summed E-state index contributed by atoms with van der Waals surface area (Å²) in [5.41, 5.74) is 2.66. The molecule has 0 amide bonds. The van der Waals surface area contributed by atoms with Gasteiger partial charge in [0.15, 0.2) is 5.11 Å². The first kappa shape index (κ1) is 24.3. The molecule has 0 unspecified atom stereocenters. The summed E-state index contributed by atoms with van der Waals surface area (Å²) in [5, 5.41) is 10.7. The second-order valence-electron chi connectivity index (χ2n) is 7.54. The summed E-state index contributed by atoms with van der Waals surface area (Å²) in [4.78, 5) is 15.9. The fourth-order valence-electron chi connectivity index (χ4n) is 3.27. The topological polar surface area (TPSA) is 86.7 Å². The van der Waals surface area contributed by atoms with Gasteiger partial charge in [0.1, 0.15) is 0 Å². The minimum Gasteiger partial charge on any atom is -0.379 e. The van der Waals surface area contributed by atoms with Crippen molar-refractivity contribution < 1.29 is 4.74 Å². The molecule has 8 nitrogen and oxygen atoms in total. The molecular formula is C22H30ClN7OS. The minimum absolute atomic E-state index is 0.388. The van der Waals surface area contributed by atoms with E-state index in [2.05, 4.69) is 35.8 Å². The number of hydrogen-bond acceptors (Lipinski definition) is 6. The number of guanidine groups is 1. The van der Waals surface area contributed by atoms with Crippen molar-refractivity contribution in [2.45, 2.75) is 26.8 Å². The number of aliphatic imine (C=N–C) groups is 1. The van der Waals surface area contributed by atoms with Gasteiger partial charge in [-0.2, -0.15) is 0 Å². The molecule has 1 aliphatic heterocycles. The summed E-state index contributed by atoms with van der Waals surface area (Å²) < 4.78 is 5.39. The van der Waals surface area contributed by atoms with Crippen LogP contribution in [0.4, 0.5) is 5.95 Å². The Bertz CT molecular complexity index is 914. The number of nitrogens with one attached hydrogen (secondary N) is 3. The van der Waals surface area contributed by atoms with E-state index >= 15 is 0 Å². The van der Waals surface area contributed by atoms with Crippen LogP contribution in [0.1, 0.15) is 23.4 Å². The number of thiocarbonyl (C=S) groups is 1. The molecule has 32 heavy (non-hydrogen) atoms. The first-order valence-electron chi connectivity index (χ1n) is 10.7. The van der Waals surface area contributed by atoms with Crippen LogP contribution >= 0.6 is 23.8 Å². The van der Waals surface area contributed by atoms with Crippen LogP contribution in [0, 0.1) is 13.8 Å². The molecule has 0 spiro atoms. The highest BCUT2D eigenvalue weighted by atomic mass is 35.5. The molecule has 0 bridgehead atoms. The van der Waals surface area contributed by atoms with Crippen molar-refractivity contribution in [2.75, 3.05) is 44.7 Å². The van der Waals surface area contributed by atoms with E-state index in [9.17, 15) is 0 Å². The van der Waals surface area contributed by atoms with Gasteiger partial charge in [-0.3, -0.25) is 10.2 Å². The van der Waals surface area contributed by atoms with Crippen molar-refractivity contribution in [1.29, 1.82) is 0 Å². The van der Waals surface area contributed by atoms with Crippen molar-refractivity contribution in [3.8, 4) is 0 Å². The van der Waals surface area contributed by atoms with E-state index in [1.54, 1.807) is 0 Å². The summed E-state index contributed by atoms with van der Waals surface area (Å²) in [6, 6.07) is 9.54. The summed E-state index contributed by atoms with van der Waals surface area (Å²) >= 11 is 11.8. The molecule has 1 saturated heterocycles. The molecule has 0 radical (unpaired) electrons. The van der Waals surface area contributed by atoms with E-state index in [0.717, 1.165) is 62.8 Å². The van der Waals surface area contributed by atoms with Crippen molar-refractivity contribution in [3.05, 3.63) is 52.3 Å². The smallest absolute Gasteiger partial charge is 0.229 e. The molecule has 2 aromatic rings. The second-order valence-corrected chi connectivity index (χ2v) is 8.36. The molecule has 1 aromatic heterocycles. The highest BCUT2D eigenvalue weighted by molar-refractivity contribution is 7.80. The predicted molar refractivity (Wildman–Crippen MR) is 133 cm³/mol. The standard InChI is InChI=1S/C22H30ClN7OS/c1-16-14-17(2)27-21(26-16)28-20(25-15-18-6-3-4-7-19(18)23)29-22(32)24-8-5-9-30-10-12-31-13-11-30/h3-4,6-7,14H,5,8-13,15H2,1-2H3,(H3,24,25,26,27,28,29,32). The fraction of sp³-hybridized carbons (Fsp3) is 0.455. The zero-order chi connectivity index (χ0) is 22.8. The van der Waals surface area contributed by atoms with Crippen LogP contribution in [0.25, 0.3) is 0 Å². The van der Waals surface area contributed by atoms with Crippen LogP contribution in [0.5, 0.6) is 0 Å². The summed E-state index contributed by atoms with van der Waals surface area (Å²) in [5.74, 6) is 0.920. The Labute approximate surface area is 199 Å². The number of anilines is 1. The molecular weight excluding hydrogens is 446 g/mol. The van der Waals surface area contributed by atoms with Gasteiger partial charge in [0.05, 0.1) is 19.8 Å². The van der Waals surface area contributed by atoms with E-state index < -0.39 is 0 Å². The minimum atomic E-state index is 0.388. The number of rotatable bonds is 7. The number of hydrogen-bond donors (Lipinski definition) is 3. The average molecular weight is 476 g/mol. The highest BCUT2D eigenvalue weighted by Crippen LogP contribution is 2.15. The fourth-order valence-corrected chi connectivity index (χ4v) is 3.66. The quantitative estimate of drug-likeness (QED) is 0.244. The molecule has 3 N–H and O–H groups in total. The zero-order valence-corrected chi connectivity index (χ0v) is 20.1. The van der Waals surface area contributed by atoms with Gasteiger partial charge in [-0.05, 0) is 56.7 Å². The van der Waals surface area contributed by atoms with Crippen LogP contribution < -0.4 is 16.0 Å². The van der Waals surface area contributed by atoms with Gasteiger partial charge in [0, 0.05) is 36.0 Å². The summed E-state index contributed by atoms with van der Waals surface area (Å²) in [6.07, 6.45) is 0.988. The molecule has 0 saturated carbocycles. The van der Waals surface area contributed by atoms with E-state index in [1.165, 1.54) is 0 Å². The van der Waals surface area contributed by atoms with Gasteiger partial charge < -0.3 is 15.4 Å². The van der Waals surface area contributed by atoms with Gasteiger partial charge in [-0.1, -0.05) is 29.8 Å². The number of ether oxygens (including phenoxy) is 1. The van der Waals surface area contributed by atoms with Crippen LogP contribution in [0.2, 0.25) is 5.02 Å². The summed E-state index contributed by atoms with van der Waals surface area (Å²) in [7, 11) is 0. The molecule has 2 heterocycles. The third-order valence-corrected chi connectivity index (χ3v) is 5.47. The molecule has 10 heteroatoms. The molecule has 172 valence electrons. The molecule has 0 aliphatic carbocycles. The maximum Gasteiger partial charge on any atom is 0.229 e. The van der Waals surface area contributed by atoms with Crippen LogP contribution in [0.15, 0.2) is 35.3 Å². The monoisotopic (exact) mass is 475 g/mol. The highest BCUT2D eigenvalue weighted by Gasteiger charge is 2.10. The third kappa shape index (κ3) is 8.31. The number of benzene rings is 1. The van der Waals surface area contributed by atoms with E-state index in [-0.39, 0.29) is 0 Å². The Kier molecular flexibility index (Phi) is 9.61. The number of morpholine rings is 1. The van der Waals surface area contributed by atoms with Crippen molar-refractivity contribution in [2.24, 2.45) is 4.99 Å². The van der Waals surface area contributed by atoms with E-state index in [1.807, 2.05) is 44.2 Å². The Morgan fingerprint density at radius 2 is 1.91 bits per heavy atom. The average Bonchev–Trinajstić information content (AvgIpc) is 2.76. The van der Waals surface area contributed by atoms with Crippen molar-refractivity contribution >= 4 is 40.8 Å². The van der Waals surface area contributed by atoms with Crippen LogP contribution in [-0.4, -0.2) is 65.3 Å². The number of halogens is 1. The second kappa shape index (κ2) is 12.6. The first-order chi connectivity index (χ1) is 15.5. The zero-order valence-electron chi connectivity index (χ0n) is 18.5. The Morgan fingerprint density at radius 3 is 2.62 bits per heavy atom. The van der Waals surface area contributed by atoms with Gasteiger partial charge >= 0.3 is 0 Å². The van der Waals surface area contributed by atoms with E-state index in [4.69, 9.17) is 28.6 Å². The largest absolute Gasteiger partial charge is 0.379 e. The van der Waals surface area contributed by atoms with E-state index in [0.29, 0.717) is 28.6 Å². The molecule has 1 aliphatic rings. The Morgan fingerprint density at radius 1 is 1.19 bits per heavy atom. The predicted octanol–water partition coefficient (Wildman–Crippen LogP) is 2.90. The lowest BCUT2D eigenvalue weighted by Gasteiger charge is -2.26. The summed E-state index contributed by atoms with van der Waals surface area (Å²) in [6.45, 7) is 9.61. The molecule has 1 aromatic carbocycles. The normalized spacial score (nSPS) is 14.8. The number of aryl methyl sites for hydroxylation is 2. The molecule has 1 fully saturated rings. The van der Waals surface area contributed by atoms with Gasteiger partial charge in [0.2, 0.25) is 11.9 Å². The van der Waals surface area contributed by atoms with Crippen LogP contribution in [0.3, 0.4) is 0 Å². The Hall–Kier alpha value is -2.33. The lowest BCUT2D eigenvalue weighted by Crippen LogP contribution is -2.44. The first-order valence-corrected chi connectivity index (χ1v) is 11.5. The number of nitrogens with zero attached hydrogens (tertiary/aromatic N) is 4. The van der Waals surface area contributed by atoms with Crippen molar-refractivity contribution in [1.82, 2.24) is 25.5 Å². The van der Waals surface area contributed by atoms with Gasteiger partial charge in [-0.25, -0.2) is 15.0 Å². The van der Waals surface area contributed by atoms with Gasteiger partial charge in [0.25, 0.3) is 0 Å². The van der Waals surface area contributed by atoms with Gasteiger partial charge in [-0.15, -0.1) is 0 Å². The SMILES string of the molecule is Cc1cc(C)nc(NC(=NCc2ccccc2Cl)NC(=S)NCCCN2CCOCC2)n1. The van der Waals surface area contributed by atoms with Crippen LogP contribution in [-0.2, 0) is 11.3 Å². The van der Waals surface area contributed by atoms with Crippen molar-refractivity contribution in [3.63, 3.8) is 0 Å².